The largest absolute Gasteiger partial charge is 0.472 e. The number of unbranched alkanes of at least 4 members (excludes halogenated alkanes) is 33. The van der Waals surface area contributed by atoms with Gasteiger partial charge in [0.25, 0.3) is 0 Å². The van der Waals surface area contributed by atoms with Crippen molar-refractivity contribution in [2.75, 3.05) is 19.8 Å². The molecular weight excluding hydrogens is 856 g/mol. The zero-order valence-electron chi connectivity index (χ0n) is 44.1. The summed E-state index contributed by atoms with van der Waals surface area (Å²) >= 11 is 0. The number of ether oxygens (including phenoxy) is 2. The van der Waals surface area contributed by atoms with Crippen LogP contribution in [0.1, 0.15) is 284 Å². The normalized spacial score (nSPS) is 13.4. The van der Waals surface area contributed by atoms with Crippen molar-refractivity contribution in [2.24, 2.45) is 0 Å². The van der Waals surface area contributed by atoms with Crippen molar-refractivity contribution in [3.63, 3.8) is 0 Å². The van der Waals surface area contributed by atoms with E-state index in [1.165, 1.54) is 173 Å². The summed E-state index contributed by atoms with van der Waals surface area (Å²) in [4.78, 5) is 35.0. The first-order chi connectivity index (χ1) is 32.8. The van der Waals surface area contributed by atoms with E-state index in [2.05, 4.69) is 62.5 Å². The first-order valence-electron chi connectivity index (χ1n) is 28.4. The molecule has 0 rings (SSSR count). The molecular formula is C58H107O8P. The molecule has 0 aliphatic carbocycles. The van der Waals surface area contributed by atoms with E-state index in [1.54, 1.807) is 6.92 Å². The van der Waals surface area contributed by atoms with Crippen LogP contribution in [0.15, 0.2) is 48.6 Å². The number of hydrogen-bond donors (Lipinski definition) is 1. The third-order valence-corrected chi connectivity index (χ3v) is 13.5. The first kappa shape index (κ1) is 65.0. The average Bonchev–Trinajstić information content (AvgIpc) is 3.31. The Labute approximate surface area is 414 Å². The molecule has 2 unspecified atom stereocenters. The molecule has 0 radical (unpaired) electrons. The van der Waals surface area contributed by atoms with Gasteiger partial charge in [-0.3, -0.25) is 18.6 Å². The molecule has 0 fully saturated rings. The molecule has 2 atom stereocenters. The molecule has 0 amide bonds. The van der Waals surface area contributed by atoms with Crippen molar-refractivity contribution >= 4 is 19.8 Å². The van der Waals surface area contributed by atoms with E-state index >= 15 is 0 Å². The molecule has 0 aliphatic heterocycles. The first-order valence-corrected chi connectivity index (χ1v) is 29.9. The Kier molecular flexibility index (Phi) is 51.8. The van der Waals surface area contributed by atoms with Crippen LogP contribution in [-0.4, -0.2) is 42.8 Å². The minimum Gasteiger partial charge on any atom is -0.462 e. The SMILES string of the molecule is CC/C=C\C/C=C\C/C=C\C/C=C\CCCCCCCCCCCCC(=O)OC(COC(=O)CCCCCCCCCCCCCCCCCCCCCCCCCC)COP(=O)(O)OCC. The minimum atomic E-state index is -4.29. The van der Waals surface area contributed by atoms with Gasteiger partial charge in [0.15, 0.2) is 6.10 Å². The number of esters is 2. The number of allylic oxidation sites excluding steroid dienone is 8. The monoisotopic (exact) mass is 963 g/mol. The summed E-state index contributed by atoms with van der Waals surface area (Å²) in [6.45, 7) is 5.42. The van der Waals surface area contributed by atoms with Crippen molar-refractivity contribution in [3.05, 3.63) is 48.6 Å². The zero-order chi connectivity index (χ0) is 48.8. The zero-order valence-corrected chi connectivity index (χ0v) is 45.0. The number of phosphoric ester groups is 1. The van der Waals surface area contributed by atoms with Gasteiger partial charge in [0.1, 0.15) is 6.61 Å². The molecule has 67 heavy (non-hydrogen) atoms. The van der Waals surface area contributed by atoms with Crippen LogP contribution >= 0.6 is 7.82 Å². The average molecular weight is 963 g/mol. The van der Waals surface area contributed by atoms with Crippen LogP contribution in [0, 0.1) is 0 Å². The fourth-order valence-corrected chi connectivity index (χ4v) is 9.03. The number of carbonyl (C=O) groups excluding carboxylic acids is 2. The summed E-state index contributed by atoms with van der Waals surface area (Å²) in [5.41, 5.74) is 0. The molecule has 0 bridgehead atoms. The van der Waals surface area contributed by atoms with Crippen LogP contribution in [0.4, 0.5) is 0 Å². The fraction of sp³-hybridized carbons (Fsp3) is 0.828. The molecule has 0 aliphatic rings. The van der Waals surface area contributed by atoms with Gasteiger partial charge < -0.3 is 14.4 Å². The molecule has 392 valence electrons. The highest BCUT2D eigenvalue weighted by atomic mass is 31.2. The molecule has 0 spiro atoms. The predicted molar refractivity (Wildman–Crippen MR) is 285 cm³/mol. The molecule has 0 heterocycles. The molecule has 0 saturated heterocycles. The predicted octanol–water partition coefficient (Wildman–Crippen LogP) is 18.9. The molecule has 0 aromatic heterocycles. The third-order valence-electron chi connectivity index (χ3n) is 12.4. The minimum absolute atomic E-state index is 0.0000591. The Bertz CT molecular complexity index is 1230. The molecule has 0 aromatic carbocycles. The molecule has 8 nitrogen and oxygen atoms in total. The van der Waals surface area contributed by atoms with E-state index in [-0.39, 0.29) is 25.6 Å². The van der Waals surface area contributed by atoms with E-state index in [0.717, 1.165) is 70.6 Å². The molecule has 0 saturated carbocycles. The second-order valence-corrected chi connectivity index (χ2v) is 20.4. The van der Waals surface area contributed by atoms with Crippen molar-refractivity contribution in [1.82, 2.24) is 0 Å². The van der Waals surface area contributed by atoms with Gasteiger partial charge in [0.05, 0.1) is 13.2 Å². The van der Waals surface area contributed by atoms with Crippen molar-refractivity contribution in [1.29, 1.82) is 0 Å². The van der Waals surface area contributed by atoms with Gasteiger partial charge in [-0.05, 0) is 58.3 Å². The van der Waals surface area contributed by atoms with E-state index in [0.29, 0.717) is 12.8 Å². The van der Waals surface area contributed by atoms with Gasteiger partial charge >= 0.3 is 19.8 Å². The van der Waals surface area contributed by atoms with E-state index in [4.69, 9.17) is 18.5 Å². The van der Waals surface area contributed by atoms with Crippen LogP contribution < -0.4 is 0 Å². The lowest BCUT2D eigenvalue weighted by atomic mass is 10.0. The van der Waals surface area contributed by atoms with E-state index in [9.17, 15) is 19.0 Å². The third kappa shape index (κ3) is 53.2. The Morgan fingerprint density at radius 2 is 0.761 bits per heavy atom. The summed E-state index contributed by atoms with van der Waals surface area (Å²) < 4.78 is 32.9. The lowest BCUT2D eigenvalue weighted by molar-refractivity contribution is -0.161. The lowest BCUT2D eigenvalue weighted by Gasteiger charge is -2.19. The Morgan fingerprint density at radius 1 is 0.418 bits per heavy atom. The second-order valence-electron chi connectivity index (χ2n) is 18.9. The van der Waals surface area contributed by atoms with E-state index < -0.39 is 26.5 Å². The highest BCUT2D eigenvalue weighted by Crippen LogP contribution is 2.43. The fourth-order valence-electron chi connectivity index (χ4n) is 8.27. The summed E-state index contributed by atoms with van der Waals surface area (Å²) in [6, 6.07) is 0. The molecule has 9 heteroatoms. The summed E-state index contributed by atoms with van der Waals surface area (Å²) in [7, 11) is -4.29. The number of carbonyl (C=O) groups is 2. The van der Waals surface area contributed by atoms with Crippen molar-refractivity contribution in [3.8, 4) is 0 Å². The van der Waals surface area contributed by atoms with Gasteiger partial charge in [0, 0.05) is 12.8 Å². The quantitative estimate of drug-likeness (QED) is 0.0278. The maximum atomic E-state index is 12.7. The summed E-state index contributed by atoms with van der Waals surface area (Å²) in [5, 5.41) is 0. The maximum Gasteiger partial charge on any atom is 0.472 e. The van der Waals surface area contributed by atoms with Crippen LogP contribution in [0.25, 0.3) is 0 Å². The number of hydrogen-bond acceptors (Lipinski definition) is 7. The van der Waals surface area contributed by atoms with Crippen LogP contribution in [-0.2, 0) is 32.7 Å². The Morgan fingerprint density at radius 3 is 1.15 bits per heavy atom. The van der Waals surface area contributed by atoms with Gasteiger partial charge in [-0.2, -0.15) is 0 Å². The van der Waals surface area contributed by atoms with Gasteiger partial charge in [0.2, 0.25) is 0 Å². The number of rotatable bonds is 53. The van der Waals surface area contributed by atoms with Crippen LogP contribution in [0.3, 0.4) is 0 Å². The van der Waals surface area contributed by atoms with Crippen LogP contribution in [0.5, 0.6) is 0 Å². The Hall–Kier alpha value is -1.99. The topological polar surface area (TPSA) is 108 Å². The van der Waals surface area contributed by atoms with Crippen molar-refractivity contribution < 1.29 is 37.6 Å². The maximum absolute atomic E-state index is 12.7. The van der Waals surface area contributed by atoms with Gasteiger partial charge in [-0.25, -0.2) is 4.57 Å². The smallest absolute Gasteiger partial charge is 0.462 e. The van der Waals surface area contributed by atoms with Crippen molar-refractivity contribution in [2.45, 2.75) is 290 Å². The standard InChI is InChI=1S/C58H107O8P/c1-4-7-9-11-13-15-17-19-21-23-25-27-29-31-32-34-36-38-40-42-44-46-48-50-52-57(59)63-54-56(55-65-67(61,62)64-6-3)66-58(60)53-51-49-47-45-43-41-39-37-35-33-30-28-26-24-22-20-18-16-14-12-10-8-5-2/h8,10,14,16,20,22,26,28,56H,4-7,9,11-13,15,17-19,21,23-25,27,29-55H2,1-3H3,(H,61,62)/b10-8-,16-14-,22-20-,28-26-. The summed E-state index contributed by atoms with van der Waals surface area (Å²) in [5.74, 6) is -0.789. The van der Waals surface area contributed by atoms with Gasteiger partial charge in [-0.1, -0.05) is 262 Å². The van der Waals surface area contributed by atoms with E-state index in [1.807, 2.05) is 0 Å². The second kappa shape index (κ2) is 53.4. The Balaban J connectivity index is 3.90. The molecule has 1 N–H and O–H groups in total. The highest BCUT2D eigenvalue weighted by molar-refractivity contribution is 7.47. The molecule has 0 aromatic rings. The summed E-state index contributed by atoms with van der Waals surface area (Å²) in [6.07, 6.45) is 66.2. The lowest BCUT2D eigenvalue weighted by Crippen LogP contribution is -2.29. The highest BCUT2D eigenvalue weighted by Gasteiger charge is 2.25. The number of phosphoric acid groups is 1. The van der Waals surface area contributed by atoms with Gasteiger partial charge in [-0.15, -0.1) is 0 Å². The van der Waals surface area contributed by atoms with Crippen LogP contribution in [0.2, 0.25) is 0 Å².